The molecule has 0 spiro atoms. The van der Waals surface area contributed by atoms with Crippen LogP contribution in [0.4, 0.5) is 27.1 Å². The number of nitro groups is 1. The van der Waals surface area contributed by atoms with Gasteiger partial charge in [-0.15, -0.1) is 0 Å². The number of para-hydroxylation sites is 2. The summed E-state index contributed by atoms with van der Waals surface area (Å²) in [5, 5.41) is 16.7. The Labute approximate surface area is 119 Å². The Balaban J connectivity index is 2.51. The molecule has 0 atom stereocenters. The van der Waals surface area contributed by atoms with Crippen molar-refractivity contribution in [3.63, 3.8) is 0 Å². The molecule has 0 amide bonds. The van der Waals surface area contributed by atoms with Crippen molar-refractivity contribution < 1.29 is 9.31 Å². The molecule has 2 N–H and O–H groups in total. The maximum Gasteiger partial charge on any atom is 0.315 e. The summed E-state index contributed by atoms with van der Waals surface area (Å²) in [5.41, 5.74) is 0.321. The van der Waals surface area contributed by atoms with Crippen molar-refractivity contribution in [3.05, 3.63) is 57.4 Å². The van der Waals surface area contributed by atoms with Gasteiger partial charge >= 0.3 is 5.69 Å². The van der Waals surface area contributed by atoms with Crippen LogP contribution in [0.15, 0.2) is 36.4 Å². The molecule has 0 aliphatic heterocycles. The summed E-state index contributed by atoms with van der Waals surface area (Å²) in [4.78, 5) is 10.6. The summed E-state index contributed by atoms with van der Waals surface area (Å²) in [6.45, 7) is 0. The first kappa shape index (κ1) is 14.1. The number of nitro benzene ring substituents is 1. The zero-order chi connectivity index (χ0) is 14.7. The fraction of sp³-hybridized carbons (Fsp3) is 0.0769. The maximum atomic E-state index is 13.7. The maximum absolute atomic E-state index is 13.7. The summed E-state index contributed by atoms with van der Waals surface area (Å²) in [7, 11) is 1.57. The van der Waals surface area contributed by atoms with Crippen LogP contribution in [0.5, 0.6) is 0 Å². The normalized spacial score (nSPS) is 10.2. The van der Waals surface area contributed by atoms with Crippen molar-refractivity contribution in [1.82, 2.24) is 0 Å². The molecule has 2 aromatic carbocycles. The predicted molar refractivity (Wildman–Crippen MR) is 77.3 cm³/mol. The van der Waals surface area contributed by atoms with Crippen LogP contribution in [-0.2, 0) is 0 Å². The van der Waals surface area contributed by atoms with Gasteiger partial charge in [0.1, 0.15) is 17.2 Å². The van der Waals surface area contributed by atoms with Crippen molar-refractivity contribution >= 4 is 34.4 Å². The number of halogens is 2. The average Bonchev–Trinajstić information content (AvgIpc) is 2.42. The minimum absolute atomic E-state index is 0.00511. The molecular weight excluding hydrogens is 285 g/mol. The third kappa shape index (κ3) is 2.65. The molecule has 2 aromatic rings. The second-order valence-electron chi connectivity index (χ2n) is 3.93. The monoisotopic (exact) mass is 295 g/mol. The number of nitrogens with zero attached hydrogens (tertiary/aromatic N) is 1. The number of benzene rings is 2. The van der Waals surface area contributed by atoms with Crippen LogP contribution < -0.4 is 10.6 Å². The third-order valence-corrected chi connectivity index (χ3v) is 3.03. The molecule has 0 saturated heterocycles. The third-order valence-electron chi connectivity index (χ3n) is 2.71. The van der Waals surface area contributed by atoms with Crippen LogP contribution in [0.25, 0.3) is 0 Å². The molecule has 2 rings (SSSR count). The van der Waals surface area contributed by atoms with Gasteiger partial charge in [0.2, 0.25) is 0 Å². The van der Waals surface area contributed by atoms with Gasteiger partial charge in [-0.1, -0.05) is 23.7 Å². The first-order valence-electron chi connectivity index (χ1n) is 5.70. The van der Waals surface area contributed by atoms with Gasteiger partial charge in [0.25, 0.3) is 0 Å². The number of rotatable bonds is 4. The van der Waals surface area contributed by atoms with E-state index in [4.69, 9.17) is 11.6 Å². The second kappa shape index (κ2) is 5.75. The van der Waals surface area contributed by atoms with Crippen LogP contribution in [0.2, 0.25) is 5.02 Å². The van der Waals surface area contributed by atoms with Gasteiger partial charge in [-0.25, -0.2) is 4.39 Å². The highest BCUT2D eigenvalue weighted by molar-refractivity contribution is 6.33. The summed E-state index contributed by atoms with van der Waals surface area (Å²) in [6.07, 6.45) is 0. The van der Waals surface area contributed by atoms with Crippen molar-refractivity contribution in [2.75, 3.05) is 17.7 Å². The molecule has 0 aliphatic rings. The van der Waals surface area contributed by atoms with Crippen molar-refractivity contribution in [2.45, 2.75) is 0 Å². The molecule has 0 fully saturated rings. The minimum atomic E-state index is -0.582. The Morgan fingerprint density at radius 2 is 1.85 bits per heavy atom. The number of nitrogens with one attached hydrogen (secondary N) is 2. The van der Waals surface area contributed by atoms with Crippen molar-refractivity contribution in [3.8, 4) is 0 Å². The molecule has 0 aromatic heterocycles. The molecule has 5 nitrogen and oxygen atoms in total. The number of hydrogen-bond acceptors (Lipinski definition) is 4. The highest BCUT2D eigenvalue weighted by atomic mass is 35.5. The Hall–Kier alpha value is -2.34. The van der Waals surface area contributed by atoms with Gasteiger partial charge in [-0.3, -0.25) is 10.1 Å². The summed E-state index contributed by atoms with van der Waals surface area (Å²) in [5.74, 6) is -0.582. The molecule has 20 heavy (non-hydrogen) atoms. The Morgan fingerprint density at radius 3 is 2.45 bits per heavy atom. The van der Waals surface area contributed by atoms with E-state index in [1.807, 2.05) is 0 Å². The molecule has 7 heteroatoms. The van der Waals surface area contributed by atoms with Gasteiger partial charge in [-0.2, -0.15) is 0 Å². The van der Waals surface area contributed by atoms with E-state index in [2.05, 4.69) is 10.6 Å². The lowest BCUT2D eigenvalue weighted by Gasteiger charge is -2.11. The van der Waals surface area contributed by atoms with Gasteiger partial charge in [0.05, 0.1) is 15.6 Å². The zero-order valence-corrected chi connectivity index (χ0v) is 11.2. The Morgan fingerprint density at radius 1 is 1.20 bits per heavy atom. The van der Waals surface area contributed by atoms with Crippen LogP contribution in [0, 0.1) is 15.9 Å². The summed E-state index contributed by atoms with van der Waals surface area (Å²) < 4.78 is 13.7. The topological polar surface area (TPSA) is 67.2 Å². The molecule has 0 aliphatic carbocycles. The first-order chi connectivity index (χ1) is 9.54. The van der Waals surface area contributed by atoms with E-state index in [0.29, 0.717) is 5.69 Å². The number of anilines is 3. The SMILES string of the molecule is CNc1cccc(Nc2c(F)cccc2Cl)c1[N+](=O)[O-]. The molecule has 0 saturated carbocycles. The Kier molecular flexibility index (Phi) is 4.05. The van der Waals surface area contributed by atoms with Gasteiger partial charge in [0.15, 0.2) is 0 Å². The highest BCUT2D eigenvalue weighted by Gasteiger charge is 2.20. The van der Waals surface area contributed by atoms with Crippen molar-refractivity contribution in [2.24, 2.45) is 0 Å². The predicted octanol–water partition coefficient (Wildman–Crippen LogP) is 4.17. The fourth-order valence-electron chi connectivity index (χ4n) is 1.79. The van der Waals surface area contributed by atoms with Crippen LogP contribution in [-0.4, -0.2) is 12.0 Å². The van der Waals surface area contributed by atoms with Crippen LogP contribution >= 0.6 is 11.6 Å². The largest absolute Gasteiger partial charge is 0.382 e. The van der Waals surface area contributed by atoms with E-state index in [0.717, 1.165) is 0 Å². The summed E-state index contributed by atoms with van der Waals surface area (Å²) in [6, 6.07) is 8.86. The molecule has 0 radical (unpaired) electrons. The molecule has 0 unspecified atom stereocenters. The zero-order valence-electron chi connectivity index (χ0n) is 10.5. The fourth-order valence-corrected chi connectivity index (χ4v) is 2.00. The molecule has 0 bridgehead atoms. The van der Waals surface area contributed by atoms with Crippen LogP contribution in [0.1, 0.15) is 0 Å². The van der Waals surface area contributed by atoms with E-state index in [-0.39, 0.29) is 22.1 Å². The van der Waals surface area contributed by atoms with E-state index >= 15 is 0 Å². The van der Waals surface area contributed by atoms with E-state index in [1.54, 1.807) is 19.2 Å². The van der Waals surface area contributed by atoms with Crippen LogP contribution in [0.3, 0.4) is 0 Å². The van der Waals surface area contributed by atoms with Gasteiger partial charge in [-0.05, 0) is 24.3 Å². The van der Waals surface area contributed by atoms with E-state index in [9.17, 15) is 14.5 Å². The lowest BCUT2D eigenvalue weighted by atomic mass is 10.2. The minimum Gasteiger partial charge on any atom is -0.382 e. The first-order valence-corrected chi connectivity index (χ1v) is 6.08. The van der Waals surface area contributed by atoms with Gasteiger partial charge in [0, 0.05) is 7.05 Å². The smallest absolute Gasteiger partial charge is 0.315 e. The molecule has 0 heterocycles. The number of hydrogen-bond donors (Lipinski definition) is 2. The molecular formula is C13H11ClFN3O2. The lowest BCUT2D eigenvalue weighted by Crippen LogP contribution is -2.02. The van der Waals surface area contributed by atoms with E-state index in [1.165, 1.54) is 24.3 Å². The van der Waals surface area contributed by atoms with E-state index < -0.39 is 10.7 Å². The second-order valence-corrected chi connectivity index (χ2v) is 4.34. The Bertz CT molecular complexity index is 644. The highest BCUT2D eigenvalue weighted by Crippen LogP contribution is 2.36. The molecule has 104 valence electrons. The van der Waals surface area contributed by atoms with Crippen molar-refractivity contribution in [1.29, 1.82) is 0 Å². The average molecular weight is 296 g/mol. The quantitative estimate of drug-likeness (QED) is 0.656. The van der Waals surface area contributed by atoms with Gasteiger partial charge < -0.3 is 10.6 Å². The standard InChI is InChI=1S/C13H11ClFN3O2/c1-16-10-6-3-7-11(13(10)18(19)20)17-12-8(14)4-2-5-9(12)15/h2-7,16-17H,1H3. The lowest BCUT2D eigenvalue weighted by molar-refractivity contribution is -0.383. The summed E-state index contributed by atoms with van der Waals surface area (Å²) >= 11 is 5.90.